The maximum absolute atomic E-state index is 15.0. The molecule has 3 N–H and O–H groups in total. The molecule has 0 fully saturated rings. The largest absolute Gasteiger partial charge is 0.398 e. The minimum absolute atomic E-state index is 0.0573. The number of hydrogen-bond acceptors (Lipinski definition) is 5. The Hall–Kier alpha value is -6.28. The van der Waals surface area contributed by atoms with Gasteiger partial charge in [-0.05, 0) is 75.6 Å². The van der Waals surface area contributed by atoms with Crippen LogP contribution in [0, 0.1) is 0 Å². The summed E-state index contributed by atoms with van der Waals surface area (Å²) in [5, 5.41) is 7.47. The molecule has 8 nitrogen and oxygen atoms in total. The van der Waals surface area contributed by atoms with Crippen molar-refractivity contribution in [1.82, 2.24) is 14.1 Å². The van der Waals surface area contributed by atoms with Gasteiger partial charge in [0.15, 0.2) is 0 Å². The van der Waals surface area contributed by atoms with Gasteiger partial charge in [-0.3, -0.25) is 19.2 Å². The van der Waals surface area contributed by atoms with Crippen molar-refractivity contribution in [3.63, 3.8) is 0 Å². The predicted octanol–water partition coefficient (Wildman–Crippen LogP) is 9.94. The van der Waals surface area contributed by atoms with Crippen LogP contribution in [0.25, 0.3) is 87.0 Å². The molecule has 56 heavy (non-hydrogen) atoms. The van der Waals surface area contributed by atoms with Crippen LogP contribution in [-0.2, 0) is 0 Å². The van der Waals surface area contributed by atoms with Crippen molar-refractivity contribution in [2.75, 3.05) is 5.73 Å². The maximum atomic E-state index is 15.0. The molecule has 0 aliphatic carbocycles. The Morgan fingerprint density at radius 1 is 0.429 bits per heavy atom. The average molecular weight is 739 g/mol. The highest BCUT2D eigenvalue weighted by Gasteiger charge is 2.30. The van der Waals surface area contributed by atoms with Crippen molar-refractivity contribution >= 4 is 81.4 Å². The second-order valence-electron chi connectivity index (χ2n) is 16.9. The standard InChI is InChI=1S/C48H42N4O4/c1-20(2)24-11-9-12-25(21(3)4)43(24)51-45(53)29-16-15-28-38-33(49)17-30-37-32(48(56)52(46(30)54)44-26(22(5)6)13-10-14-27(44)23(7)8)19-35-41(42(37)38)40-34(50-35)18-31(47(51)55)36(29)39(28)40/h9-23,50H,49H2,1-8H3. The van der Waals surface area contributed by atoms with Crippen LogP contribution in [0.5, 0.6) is 0 Å². The van der Waals surface area contributed by atoms with Gasteiger partial charge >= 0.3 is 0 Å². The van der Waals surface area contributed by atoms with Crippen molar-refractivity contribution < 1.29 is 0 Å². The molecule has 3 heterocycles. The molecule has 278 valence electrons. The SMILES string of the molecule is CC(C)c1cccc(C(C)C)c1-n1c(=O)c2ccc3c4c(N)cc5c(=O)n(-c6c(C(C)C)cccc6C(C)C)c(=O)c6cc7[nH]c8cc(c1=O)c2c3c8c7c4c56. The quantitative estimate of drug-likeness (QED) is 0.100. The number of nitrogens with two attached hydrogens (primary N) is 1. The van der Waals surface area contributed by atoms with Crippen LogP contribution in [-0.4, -0.2) is 14.1 Å². The van der Waals surface area contributed by atoms with Gasteiger partial charge in [0.05, 0.1) is 27.5 Å². The van der Waals surface area contributed by atoms with E-state index in [-0.39, 0.29) is 40.3 Å². The van der Waals surface area contributed by atoms with Crippen LogP contribution in [0.15, 0.2) is 85.9 Å². The molecule has 3 aromatic heterocycles. The van der Waals surface area contributed by atoms with Gasteiger partial charge < -0.3 is 10.7 Å². The number of aromatic amines is 1. The van der Waals surface area contributed by atoms with E-state index in [1.54, 1.807) is 12.1 Å². The van der Waals surface area contributed by atoms with Gasteiger partial charge in [-0.15, -0.1) is 0 Å². The number of H-pyrrole nitrogens is 1. The van der Waals surface area contributed by atoms with Crippen molar-refractivity contribution in [3.8, 4) is 11.4 Å². The highest BCUT2D eigenvalue weighted by molar-refractivity contribution is 6.46. The monoisotopic (exact) mass is 738 g/mol. The number of nitrogens with one attached hydrogen (secondary N) is 1. The van der Waals surface area contributed by atoms with E-state index < -0.39 is 5.56 Å². The molecule has 0 saturated heterocycles. The topological polar surface area (TPSA) is 120 Å². The molecule has 0 atom stereocenters. The Kier molecular flexibility index (Phi) is 6.96. The fourth-order valence-electron chi connectivity index (χ4n) is 9.88. The van der Waals surface area contributed by atoms with Crippen LogP contribution in [0.4, 0.5) is 5.69 Å². The smallest absolute Gasteiger partial charge is 0.266 e. The highest BCUT2D eigenvalue weighted by Crippen LogP contribution is 2.50. The second kappa shape index (κ2) is 11.4. The number of benzene rings is 7. The van der Waals surface area contributed by atoms with Crippen molar-refractivity contribution in [2.45, 2.75) is 79.1 Å². The first kappa shape index (κ1) is 34.2. The van der Waals surface area contributed by atoms with Crippen LogP contribution < -0.4 is 28.0 Å². The number of pyridine rings is 2. The second-order valence-corrected chi connectivity index (χ2v) is 16.9. The van der Waals surface area contributed by atoms with Crippen LogP contribution in [0.1, 0.15) is 101 Å². The third-order valence-corrected chi connectivity index (χ3v) is 12.4. The maximum Gasteiger partial charge on any atom is 0.266 e. The lowest BCUT2D eigenvalue weighted by Gasteiger charge is -2.23. The summed E-state index contributed by atoms with van der Waals surface area (Å²) in [6.07, 6.45) is 0. The van der Waals surface area contributed by atoms with Crippen LogP contribution >= 0.6 is 0 Å². The Morgan fingerprint density at radius 3 is 1.25 bits per heavy atom. The van der Waals surface area contributed by atoms with Gasteiger partial charge in [0.25, 0.3) is 22.2 Å². The molecule has 0 bridgehead atoms. The van der Waals surface area contributed by atoms with Gasteiger partial charge in [0, 0.05) is 59.8 Å². The fraction of sp³-hybridized carbons (Fsp3) is 0.250. The third-order valence-electron chi connectivity index (χ3n) is 12.4. The predicted molar refractivity (Wildman–Crippen MR) is 233 cm³/mol. The average Bonchev–Trinajstić information content (AvgIpc) is 3.54. The van der Waals surface area contributed by atoms with Crippen molar-refractivity contribution in [3.05, 3.63) is 130 Å². The van der Waals surface area contributed by atoms with Crippen molar-refractivity contribution in [1.29, 1.82) is 0 Å². The normalized spacial score (nSPS) is 12.9. The van der Waals surface area contributed by atoms with Crippen molar-refractivity contribution in [2.24, 2.45) is 0 Å². The zero-order chi connectivity index (χ0) is 39.4. The lowest BCUT2D eigenvalue weighted by Crippen LogP contribution is -2.34. The van der Waals surface area contributed by atoms with Crippen LogP contribution in [0.2, 0.25) is 0 Å². The van der Waals surface area contributed by atoms with Gasteiger partial charge in [-0.2, -0.15) is 0 Å². The summed E-state index contributed by atoms with van der Waals surface area (Å²) < 4.78 is 2.74. The molecule has 0 aliphatic heterocycles. The zero-order valence-electron chi connectivity index (χ0n) is 32.8. The van der Waals surface area contributed by atoms with E-state index in [4.69, 9.17) is 5.73 Å². The summed E-state index contributed by atoms with van der Waals surface area (Å²) in [6.45, 7) is 16.6. The van der Waals surface area contributed by atoms with E-state index in [0.29, 0.717) is 65.8 Å². The van der Waals surface area contributed by atoms with E-state index in [1.165, 1.54) is 9.13 Å². The van der Waals surface area contributed by atoms with E-state index in [9.17, 15) is 19.2 Å². The molecular weight excluding hydrogens is 697 g/mol. The Morgan fingerprint density at radius 2 is 0.804 bits per heavy atom. The van der Waals surface area contributed by atoms with Gasteiger partial charge in [-0.25, -0.2) is 9.13 Å². The summed E-state index contributed by atoms with van der Waals surface area (Å²) >= 11 is 0. The van der Waals surface area contributed by atoms with Crippen LogP contribution in [0.3, 0.4) is 0 Å². The first-order valence-electron chi connectivity index (χ1n) is 19.6. The van der Waals surface area contributed by atoms with E-state index in [0.717, 1.165) is 49.2 Å². The first-order valence-corrected chi connectivity index (χ1v) is 19.6. The summed E-state index contributed by atoms with van der Waals surface area (Å²) in [5.41, 5.74) is 12.3. The number of anilines is 1. The van der Waals surface area contributed by atoms with Gasteiger partial charge in [-0.1, -0.05) is 97.9 Å². The molecule has 0 aliphatic rings. The Bertz CT molecular complexity index is 3480. The van der Waals surface area contributed by atoms with E-state index in [2.05, 4.69) is 60.4 Å². The molecule has 7 aromatic carbocycles. The number of rotatable bonds is 6. The molecule has 10 rings (SSSR count). The number of nitrogens with zero attached hydrogens (tertiary/aromatic N) is 2. The number of nitrogen functional groups attached to an aromatic ring is 1. The van der Waals surface area contributed by atoms with E-state index >= 15 is 0 Å². The molecule has 0 saturated carbocycles. The highest BCUT2D eigenvalue weighted by atomic mass is 16.2. The summed E-state index contributed by atoms with van der Waals surface area (Å²) in [6, 6.07) is 21.1. The van der Waals surface area contributed by atoms with Gasteiger partial charge in [0.2, 0.25) is 0 Å². The Labute approximate surface area is 321 Å². The lowest BCUT2D eigenvalue weighted by atomic mass is 9.85. The third kappa shape index (κ3) is 4.13. The summed E-state index contributed by atoms with van der Waals surface area (Å²) in [5.74, 6) is 0.253. The minimum atomic E-state index is -0.406. The lowest BCUT2D eigenvalue weighted by molar-refractivity contribution is 0.792. The number of fused-ring (bicyclic) bond motifs is 1. The number of hydrogen-bond donors (Lipinski definition) is 2. The molecule has 0 unspecified atom stereocenters. The first-order chi connectivity index (χ1) is 26.7. The molecule has 0 radical (unpaired) electrons. The fourth-order valence-corrected chi connectivity index (χ4v) is 9.88. The Balaban J connectivity index is 1.41. The van der Waals surface area contributed by atoms with Gasteiger partial charge in [0.1, 0.15) is 0 Å². The molecule has 10 aromatic rings. The van der Waals surface area contributed by atoms with E-state index in [1.807, 2.05) is 54.6 Å². The molecule has 8 heteroatoms. The number of aromatic nitrogens is 3. The molecule has 0 amide bonds. The zero-order valence-corrected chi connectivity index (χ0v) is 32.8. The molecular formula is C48H42N4O4. The summed E-state index contributed by atoms with van der Waals surface area (Å²) in [7, 11) is 0. The minimum Gasteiger partial charge on any atom is -0.398 e. The summed E-state index contributed by atoms with van der Waals surface area (Å²) in [4.78, 5) is 63.1. The molecule has 0 spiro atoms. The number of para-hydroxylation sites is 2.